The largest absolute Gasteiger partial charge is 0.494 e. The van der Waals surface area contributed by atoms with E-state index in [9.17, 15) is 0 Å². The third kappa shape index (κ3) is 6.63. The average Bonchev–Trinajstić information content (AvgIpc) is 3.38. The zero-order chi connectivity index (χ0) is 26.9. The molecule has 1 aromatic heterocycles. The second-order valence-electron chi connectivity index (χ2n) is 8.69. The first-order chi connectivity index (χ1) is 18.5. The standard InChI is InChI=1S/C28H29FN6O3/c1-4-37-23-14-24(26(29)25(15-23)38-19(2)3)27(31-22-12-10-20(16-30)11-13-22)28-32-33-34-35(28)18-36-17-21-8-6-5-7-9-21/h5-15,19,27,31H,4,17-18H2,1-3H3. The van der Waals surface area contributed by atoms with Crippen molar-refractivity contribution in [2.45, 2.75) is 46.3 Å². The van der Waals surface area contributed by atoms with Crippen LogP contribution in [0.5, 0.6) is 11.5 Å². The van der Waals surface area contributed by atoms with Crippen LogP contribution in [0.15, 0.2) is 66.7 Å². The highest BCUT2D eigenvalue weighted by Crippen LogP contribution is 2.36. The normalized spacial score (nSPS) is 11.7. The van der Waals surface area contributed by atoms with Crippen molar-refractivity contribution in [1.82, 2.24) is 20.2 Å². The van der Waals surface area contributed by atoms with E-state index in [0.29, 0.717) is 36.0 Å². The molecule has 38 heavy (non-hydrogen) atoms. The highest BCUT2D eigenvalue weighted by Gasteiger charge is 2.28. The molecule has 0 spiro atoms. The lowest BCUT2D eigenvalue weighted by Crippen LogP contribution is -2.21. The molecular formula is C28H29FN6O3. The Kier molecular flexibility index (Phi) is 8.85. The SMILES string of the molecule is CCOc1cc(OC(C)C)c(F)c(C(Nc2ccc(C#N)cc2)c2nnnn2COCc2ccccc2)c1. The Hall–Kier alpha value is -4.49. The van der Waals surface area contributed by atoms with Gasteiger partial charge < -0.3 is 19.5 Å². The Morgan fingerprint density at radius 1 is 1.08 bits per heavy atom. The van der Waals surface area contributed by atoms with E-state index in [-0.39, 0.29) is 24.1 Å². The number of nitrogens with one attached hydrogen (secondary N) is 1. The zero-order valence-electron chi connectivity index (χ0n) is 21.5. The summed E-state index contributed by atoms with van der Waals surface area (Å²) in [6.45, 7) is 6.29. The molecule has 1 unspecified atom stereocenters. The van der Waals surface area contributed by atoms with Gasteiger partial charge in [0.2, 0.25) is 0 Å². The first-order valence-corrected chi connectivity index (χ1v) is 12.3. The van der Waals surface area contributed by atoms with Crippen LogP contribution in [0.25, 0.3) is 0 Å². The van der Waals surface area contributed by atoms with E-state index in [2.05, 4.69) is 26.9 Å². The van der Waals surface area contributed by atoms with Crippen molar-refractivity contribution < 1.29 is 18.6 Å². The molecule has 0 saturated carbocycles. The summed E-state index contributed by atoms with van der Waals surface area (Å²) in [6, 6.07) is 20.9. The maximum atomic E-state index is 15.9. The molecule has 0 bridgehead atoms. The van der Waals surface area contributed by atoms with Crippen LogP contribution in [-0.2, 0) is 18.1 Å². The minimum atomic E-state index is -0.840. The van der Waals surface area contributed by atoms with Crippen LogP contribution in [0, 0.1) is 17.1 Å². The lowest BCUT2D eigenvalue weighted by Gasteiger charge is -2.23. The highest BCUT2D eigenvalue weighted by molar-refractivity contribution is 5.52. The maximum Gasteiger partial charge on any atom is 0.180 e. The predicted molar refractivity (Wildman–Crippen MR) is 139 cm³/mol. The molecule has 9 nitrogen and oxygen atoms in total. The molecular weight excluding hydrogens is 487 g/mol. The number of hydrogen-bond donors (Lipinski definition) is 1. The van der Waals surface area contributed by atoms with E-state index in [0.717, 1.165) is 5.56 Å². The Labute approximate surface area is 220 Å². The van der Waals surface area contributed by atoms with Crippen molar-refractivity contribution >= 4 is 5.69 Å². The van der Waals surface area contributed by atoms with Gasteiger partial charge in [0, 0.05) is 17.3 Å². The van der Waals surface area contributed by atoms with Crippen LogP contribution in [0.4, 0.5) is 10.1 Å². The molecule has 1 heterocycles. The van der Waals surface area contributed by atoms with Crippen molar-refractivity contribution in [2.75, 3.05) is 11.9 Å². The fourth-order valence-electron chi connectivity index (χ4n) is 3.82. The minimum absolute atomic E-state index is 0.0465. The summed E-state index contributed by atoms with van der Waals surface area (Å²) in [4.78, 5) is 0. The van der Waals surface area contributed by atoms with Gasteiger partial charge >= 0.3 is 0 Å². The molecule has 0 saturated heterocycles. The summed E-state index contributed by atoms with van der Waals surface area (Å²) in [5.41, 5.74) is 2.38. The second kappa shape index (κ2) is 12.7. The summed E-state index contributed by atoms with van der Waals surface area (Å²) in [6.07, 6.45) is -0.254. The average molecular weight is 517 g/mol. The van der Waals surface area contributed by atoms with E-state index in [1.807, 2.05) is 51.1 Å². The van der Waals surface area contributed by atoms with Gasteiger partial charge in [-0.25, -0.2) is 9.07 Å². The smallest absolute Gasteiger partial charge is 0.180 e. The monoisotopic (exact) mass is 516 g/mol. The summed E-state index contributed by atoms with van der Waals surface area (Å²) in [5.74, 6) is 0.274. The Bertz CT molecular complexity index is 1370. The molecule has 0 radical (unpaired) electrons. The molecule has 0 aliphatic carbocycles. The van der Waals surface area contributed by atoms with Crippen LogP contribution < -0.4 is 14.8 Å². The minimum Gasteiger partial charge on any atom is -0.494 e. The Balaban J connectivity index is 1.72. The molecule has 1 N–H and O–H groups in total. The Morgan fingerprint density at radius 2 is 1.84 bits per heavy atom. The third-order valence-electron chi connectivity index (χ3n) is 5.49. The van der Waals surface area contributed by atoms with Crippen molar-refractivity contribution in [3.8, 4) is 17.6 Å². The van der Waals surface area contributed by atoms with Gasteiger partial charge in [-0.3, -0.25) is 0 Å². The lowest BCUT2D eigenvalue weighted by atomic mass is 10.0. The van der Waals surface area contributed by atoms with Crippen LogP contribution in [-0.4, -0.2) is 32.9 Å². The molecule has 196 valence electrons. The van der Waals surface area contributed by atoms with Crippen LogP contribution in [0.2, 0.25) is 0 Å². The van der Waals surface area contributed by atoms with E-state index in [1.54, 1.807) is 30.3 Å². The van der Waals surface area contributed by atoms with Crippen molar-refractivity contribution in [1.29, 1.82) is 5.26 Å². The molecule has 4 rings (SSSR count). The number of nitrogens with zero attached hydrogens (tertiary/aromatic N) is 5. The number of halogens is 1. The first-order valence-electron chi connectivity index (χ1n) is 12.3. The summed E-state index contributed by atoms with van der Waals surface area (Å²) >= 11 is 0. The summed E-state index contributed by atoms with van der Waals surface area (Å²) < 4.78 is 34.8. The number of aromatic nitrogens is 4. The van der Waals surface area contributed by atoms with Crippen molar-refractivity contribution in [3.05, 3.63) is 95.1 Å². The first kappa shape index (κ1) is 26.6. The number of tetrazole rings is 1. The number of ether oxygens (including phenoxy) is 3. The summed E-state index contributed by atoms with van der Waals surface area (Å²) in [7, 11) is 0. The van der Waals surface area contributed by atoms with E-state index >= 15 is 4.39 Å². The number of rotatable bonds is 12. The molecule has 1 atom stereocenters. The summed E-state index contributed by atoms with van der Waals surface area (Å²) in [5, 5.41) is 24.6. The number of benzene rings is 3. The maximum absolute atomic E-state index is 15.9. The van der Waals surface area contributed by atoms with Gasteiger partial charge in [-0.1, -0.05) is 30.3 Å². The molecule has 0 aliphatic rings. The van der Waals surface area contributed by atoms with Gasteiger partial charge in [-0.15, -0.1) is 5.10 Å². The molecule has 10 heteroatoms. The predicted octanol–water partition coefficient (Wildman–Crippen LogP) is 5.25. The molecule has 3 aromatic carbocycles. The van der Waals surface area contributed by atoms with Gasteiger partial charge in [0.1, 0.15) is 18.5 Å². The van der Waals surface area contributed by atoms with Gasteiger partial charge in [0.05, 0.1) is 31.0 Å². The number of anilines is 1. The Morgan fingerprint density at radius 3 is 2.53 bits per heavy atom. The molecule has 4 aromatic rings. The fourth-order valence-corrected chi connectivity index (χ4v) is 3.82. The second-order valence-corrected chi connectivity index (χ2v) is 8.69. The fraction of sp³-hybridized carbons (Fsp3) is 0.286. The van der Waals surface area contributed by atoms with Crippen LogP contribution in [0.1, 0.15) is 49.3 Å². The lowest BCUT2D eigenvalue weighted by molar-refractivity contribution is 0.0526. The number of hydrogen-bond acceptors (Lipinski definition) is 8. The van der Waals surface area contributed by atoms with E-state index in [1.165, 1.54) is 10.7 Å². The van der Waals surface area contributed by atoms with Crippen molar-refractivity contribution in [2.24, 2.45) is 0 Å². The highest BCUT2D eigenvalue weighted by atomic mass is 19.1. The van der Waals surface area contributed by atoms with Gasteiger partial charge in [0.15, 0.2) is 17.4 Å². The van der Waals surface area contributed by atoms with E-state index < -0.39 is 11.9 Å². The third-order valence-corrected chi connectivity index (χ3v) is 5.49. The van der Waals surface area contributed by atoms with Gasteiger partial charge in [-0.2, -0.15) is 5.26 Å². The van der Waals surface area contributed by atoms with E-state index in [4.69, 9.17) is 19.5 Å². The quantitative estimate of drug-likeness (QED) is 0.272. The topological polar surface area (TPSA) is 107 Å². The van der Waals surface area contributed by atoms with Gasteiger partial charge in [0.25, 0.3) is 0 Å². The van der Waals surface area contributed by atoms with Crippen LogP contribution in [0.3, 0.4) is 0 Å². The van der Waals surface area contributed by atoms with Gasteiger partial charge in [-0.05, 0) is 67.1 Å². The van der Waals surface area contributed by atoms with Crippen molar-refractivity contribution in [3.63, 3.8) is 0 Å². The zero-order valence-corrected chi connectivity index (χ0v) is 21.5. The molecule has 0 fully saturated rings. The molecule has 0 aliphatic heterocycles. The van der Waals surface area contributed by atoms with Crippen LogP contribution >= 0.6 is 0 Å². The number of nitriles is 1. The molecule has 0 amide bonds.